The van der Waals surface area contributed by atoms with Gasteiger partial charge in [-0.05, 0) is 31.6 Å². The van der Waals surface area contributed by atoms with Crippen LogP contribution in [0, 0.1) is 16.7 Å². The molecular formula is C13H25N3O2. The Hall–Kier alpha value is -1.26. The topological polar surface area (TPSA) is 78.9 Å². The van der Waals surface area contributed by atoms with Crippen molar-refractivity contribution in [3.05, 3.63) is 0 Å². The largest absolute Gasteiger partial charge is 0.409 e. The van der Waals surface area contributed by atoms with E-state index < -0.39 is 5.41 Å². The summed E-state index contributed by atoms with van der Waals surface area (Å²) in [5.74, 6) is 0.404. The average molecular weight is 255 g/mol. The third-order valence-corrected chi connectivity index (χ3v) is 3.98. The van der Waals surface area contributed by atoms with Gasteiger partial charge in [0.25, 0.3) is 0 Å². The van der Waals surface area contributed by atoms with Gasteiger partial charge >= 0.3 is 0 Å². The monoisotopic (exact) mass is 255 g/mol. The Morgan fingerprint density at radius 3 is 2.28 bits per heavy atom. The van der Waals surface area contributed by atoms with Gasteiger partial charge in [0, 0.05) is 13.1 Å². The molecule has 1 amide bonds. The minimum absolute atomic E-state index is 0.0355. The molecule has 1 rings (SSSR count). The predicted molar refractivity (Wildman–Crippen MR) is 71.3 cm³/mol. The van der Waals surface area contributed by atoms with Crippen LogP contribution in [0.1, 0.15) is 41.0 Å². The van der Waals surface area contributed by atoms with Crippen molar-refractivity contribution >= 4 is 11.7 Å². The fourth-order valence-corrected chi connectivity index (χ4v) is 2.28. The molecule has 0 aliphatic carbocycles. The van der Waals surface area contributed by atoms with E-state index in [0.29, 0.717) is 5.92 Å². The molecule has 1 aliphatic heterocycles. The molecule has 18 heavy (non-hydrogen) atoms. The van der Waals surface area contributed by atoms with E-state index in [9.17, 15) is 4.79 Å². The molecule has 104 valence electrons. The number of amides is 1. The number of rotatable bonds is 2. The highest BCUT2D eigenvalue weighted by atomic mass is 16.4. The highest BCUT2D eigenvalue weighted by molar-refractivity contribution is 6.05. The molecular weight excluding hydrogens is 230 g/mol. The number of carbonyl (C=O) groups excluding carboxylic acids is 1. The Morgan fingerprint density at radius 2 is 1.89 bits per heavy atom. The third-order valence-electron chi connectivity index (χ3n) is 3.98. The number of likely N-dealkylation sites (tertiary alicyclic amines) is 1. The van der Waals surface area contributed by atoms with Crippen molar-refractivity contribution in [2.75, 3.05) is 13.1 Å². The van der Waals surface area contributed by atoms with Crippen molar-refractivity contribution in [3.63, 3.8) is 0 Å². The molecule has 0 aromatic heterocycles. The zero-order chi connectivity index (χ0) is 14.1. The lowest BCUT2D eigenvalue weighted by atomic mass is 9.80. The molecule has 5 heteroatoms. The second-order valence-electron chi connectivity index (χ2n) is 6.71. The van der Waals surface area contributed by atoms with Crippen LogP contribution >= 0.6 is 0 Å². The van der Waals surface area contributed by atoms with E-state index in [1.165, 1.54) is 0 Å². The van der Waals surface area contributed by atoms with Crippen LogP contribution in [0.25, 0.3) is 0 Å². The maximum Gasteiger partial charge on any atom is 0.235 e. The number of hydrogen-bond donors (Lipinski definition) is 2. The smallest absolute Gasteiger partial charge is 0.235 e. The number of oxime groups is 1. The standard InChI is InChI=1S/C13H25N3O2/c1-12(2,3)9-6-7-16(8-9)11(17)13(4,5)10(14)15-18/h9,18H,6-8H2,1-5H3,(H2,14,15). The number of amidine groups is 1. The van der Waals surface area contributed by atoms with E-state index in [1.54, 1.807) is 13.8 Å². The quantitative estimate of drug-likeness (QED) is 0.341. The summed E-state index contributed by atoms with van der Waals surface area (Å²) < 4.78 is 0. The first-order chi connectivity index (χ1) is 8.10. The van der Waals surface area contributed by atoms with Gasteiger partial charge in [0.15, 0.2) is 5.84 Å². The maximum atomic E-state index is 12.4. The first-order valence-corrected chi connectivity index (χ1v) is 6.38. The Balaban J connectivity index is 2.77. The minimum atomic E-state index is -0.943. The second-order valence-corrected chi connectivity index (χ2v) is 6.71. The van der Waals surface area contributed by atoms with Crippen LogP contribution in [0.2, 0.25) is 0 Å². The molecule has 0 spiro atoms. The molecule has 0 saturated carbocycles. The third kappa shape index (κ3) is 2.76. The average Bonchev–Trinajstić information content (AvgIpc) is 2.75. The van der Waals surface area contributed by atoms with E-state index in [-0.39, 0.29) is 17.2 Å². The molecule has 1 heterocycles. The fraction of sp³-hybridized carbons (Fsp3) is 0.846. The Bertz CT molecular complexity index is 356. The summed E-state index contributed by atoms with van der Waals surface area (Å²) in [7, 11) is 0. The summed E-state index contributed by atoms with van der Waals surface area (Å²) >= 11 is 0. The van der Waals surface area contributed by atoms with Crippen molar-refractivity contribution in [2.24, 2.45) is 27.6 Å². The lowest BCUT2D eigenvalue weighted by Gasteiger charge is -2.30. The molecule has 1 atom stereocenters. The van der Waals surface area contributed by atoms with E-state index in [0.717, 1.165) is 19.5 Å². The Morgan fingerprint density at radius 1 is 1.33 bits per heavy atom. The van der Waals surface area contributed by atoms with Gasteiger partial charge in [0.2, 0.25) is 5.91 Å². The van der Waals surface area contributed by atoms with Crippen LogP contribution in [-0.2, 0) is 4.79 Å². The SMILES string of the molecule is CC(C)(C(=O)N1CCC(C(C)(C)C)C1)C(N)=NO. The van der Waals surface area contributed by atoms with Crippen molar-refractivity contribution in [1.29, 1.82) is 0 Å². The highest BCUT2D eigenvalue weighted by Crippen LogP contribution is 2.35. The molecule has 3 N–H and O–H groups in total. The number of nitrogens with two attached hydrogens (primary N) is 1. The summed E-state index contributed by atoms with van der Waals surface area (Å²) in [5, 5.41) is 11.7. The number of hydrogen-bond acceptors (Lipinski definition) is 3. The van der Waals surface area contributed by atoms with Gasteiger partial charge in [0.05, 0.1) is 0 Å². The highest BCUT2D eigenvalue weighted by Gasteiger charge is 2.41. The summed E-state index contributed by atoms with van der Waals surface area (Å²) in [5.41, 5.74) is 4.85. The Labute approximate surface area is 109 Å². The minimum Gasteiger partial charge on any atom is -0.409 e. The summed E-state index contributed by atoms with van der Waals surface area (Å²) in [6.07, 6.45) is 1.02. The molecule has 0 aromatic carbocycles. The Kier molecular flexibility index (Phi) is 3.93. The van der Waals surface area contributed by atoms with Gasteiger partial charge in [-0.1, -0.05) is 25.9 Å². The van der Waals surface area contributed by atoms with Gasteiger partial charge in [-0.25, -0.2) is 0 Å². The van der Waals surface area contributed by atoms with E-state index in [1.807, 2.05) is 4.90 Å². The van der Waals surface area contributed by atoms with Gasteiger partial charge in [-0.3, -0.25) is 4.79 Å². The van der Waals surface area contributed by atoms with E-state index in [4.69, 9.17) is 10.9 Å². The van der Waals surface area contributed by atoms with Crippen LogP contribution in [-0.4, -0.2) is 34.9 Å². The normalized spacial score (nSPS) is 22.4. The molecule has 1 fully saturated rings. The van der Waals surface area contributed by atoms with Crippen LogP contribution in [0.15, 0.2) is 5.16 Å². The maximum absolute atomic E-state index is 12.4. The molecule has 0 radical (unpaired) electrons. The molecule has 0 bridgehead atoms. The lowest BCUT2D eigenvalue weighted by Crippen LogP contribution is -2.47. The summed E-state index contributed by atoms with van der Waals surface area (Å²) in [6.45, 7) is 11.5. The second kappa shape index (κ2) is 4.78. The summed E-state index contributed by atoms with van der Waals surface area (Å²) in [4.78, 5) is 14.2. The van der Waals surface area contributed by atoms with E-state index in [2.05, 4.69) is 25.9 Å². The first-order valence-electron chi connectivity index (χ1n) is 6.38. The molecule has 1 unspecified atom stereocenters. The van der Waals surface area contributed by atoms with Crippen LogP contribution in [0.5, 0.6) is 0 Å². The van der Waals surface area contributed by atoms with Gasteiger partial charge < -0.3 is 15.8 Å². The van der Waals surface area contributed by atoms with Gasteiger partial charge in [0.1, 0.15) is 5.41 Å². The zero-order valence-corrected chi connectivity index (χ0v) is 12.0. The fourth-order valence-electron chi connectivity index (χ4n) is 2.28. The van der Waals surface area contributed by atoms with Crippen LogP contribution in [0.4, 0.5) is 0 Å². The summed E-state index contributed by atoms with van der Waals surface area (Å²) in [6, 6.07) is 0. The van der Waals surface area contributed by atoms with Crippen molar-refractivity contribution in [2.45, 2.75) is 41.0 Å². The number of carbonyl (C=O) groups is 1. The molecule has 1 aliphatic rings. The molecule has 1 saturated heterocycles. The number of nitrogens with zero attached hydrogens (tertiary/aromatic N) is 2. The molecule has 5 nitrogen and oxygen atoms in total. The predicted octanol–water partition coefficient (Wildman–Crippen LogP) is 1.65. The van der Waals surface area contributed by atoms with Gasteiger partial charge in [-0.2, -0.15) is 0 Å². The van der Waals surface area contributed by atoms with Crippen molar-refractivity contribution in [3.8, 4) is 0 Å². The zero-order valence-electron chi connectivity index (χ0n) is 12.0. The molecule has 0 aromatic rings. The van der Waals surface area contributed by atoms with Gasteiger partial charge in [-0.15, -0.1) is 0 Å². The van der Waals surface area contributed by atoms with Crippen LogP contribution in [0.3, 0.4) is 0 Å². The first kappa shape index (κ1) is 14.8. The lowest BCUT2D eigenvalue weighted by molar-refractivity contribution is -0.136. The van der Waals surface area contributed by atoms with Crippen molar-refractivity contribution in [1.82, 2.24) is 4.90 Å². The van der Waals surface area contributed by atoms with Crippen LogP contribution < -0.4 is 5.73 Å². The van der Waals surface area contributed by atoms with Crippen molar-refractivity contribution < 1.29 is 10.0 Å². The van der Waals surface area contributed by atoms with E-state index >= 15 is 0 Å².